The number of hydrogen-bond acceptors (Lipinski definition) is 6. The van der Waals surface area contributed by atoms with Gasteiger partial charge in [-0.15, -0.1) is 0 Å². The Morgan fingerprint density at radius 1 is 1.03 bits per heavy atom. The number of anilines is 2. The SMILES string of the molecule is COc1nc(N(C)C)ncc1-c1cc2c(n1C(C)C)C(c1ccc(Cl)cc1)N(c1cc(Cl)cn(C)c1=O)C2=O. The second-order valence-corrected chi connectivity index (χ2v) is 10.7. The van der Waals surface area contributed by atoms with Gasteiger partial charge in [-0.05, 0) is 43.7 Å². The summed E-state index contributed by atoms with van der Waals surface area (Å²) in [6.07, 6.45) is 3.23. The Labute approximate surface area is 236 Å². The summed E-state index contributed by atoms with van der Waals surface area (Å²) in [7, 11) is 6.87. The molecule has 4 aromatic rings. The zero-order chi connectivity index (χ0) is 28.2. The van der Waals surface area contributed by atoms with E-state index in [1.54, 1.807) is 37.4 Å². The lowest BCUT2D eigenvalue weighted by molar-refractivity contribution is 0.0993. The Kier molecular flexibility index (Phi) is 6.90. The van der Waals surface area contributed by atoms with E-state index in [1.165, 1.54) is 21.7 Å². The molecule has 11 heteroatoms. The smallest absolute Gasteiger partial charge is 0.274 e. The number of rotatable bonds is 6. The van der Waals surface area contributed by atoms with E-state index in [9.17, 15) is 9.59 Å². The predicted molar refractivity (Wildman–Crippen MR) is 154 cm³/mol. The molecule has 0 spiro atoms. The standard InChI is InChI=1S/C28H28Cl2N6O3/c1-15(2)35-21(20-13-31-28(33(3)4)32-25(20)39-6)12-19-24(35)23(16-7-9-17(29)10-8-16)36(26(19)37)22-11-18(30)14-34(5)27(22)38/h7-15,23H,1-6H3. The first-order chi connectivity index (χ1) is 18.5. The molecule has 0 aliphatic carbocycles. The van der Waals surface area contributed by atoms with Gasteiger partial charge < -0.3 is 18.8 Å². The van der Waals surface area contributed by atoms with E-state index in [-0.39, 0.29) is 23.2 Å². The number of nitrogens with zero attached hydrogens (tertiary/aromatic N) is 6. The van der Waals surface area contributed by atoms with Gasteiger partial charge in [0.05, 0.1) is 34.6 Å². The molecule has 1 unspecified atom stereocenters. The minimum absolute atomic E-state index is 0.0632. The molecule has 1 aromatic carbocycles. The van der Waals surface area contributed by atoms with Crippen molar-refractivity contribution in [1.29, 1.82) is 0 Å². The van der Waals surface area contributed by atoms with E-state index < -0.39 is 6.04 Å². The number of methoxy groups -OCH3 is 1. The highest BCUT2D eigenvalue weighted by Gasteiger charge is 2.44. The number of pyridine rings is 1. The van der Waals surface area contributed by atoms with Crippen molar-refractivity contribution in [1.82, 2.24) is 19.1 Å². The number of ether oxygens (including phenoxy) is 1. The van der Waals surface area contributed by atoms with E-state index in [0.717, 1.165) is 17.0 Å². The van der Waals surface area contributed by atoms with Crippen LogP contribution in [0.1, 0.15) is 47.5 Å². The fraction of sp³-hybridized carbons (Fsp3) is 0.286. The number of halogens is 2. The van der Waals surface area contributed by atoms with Crippen LogP contribution in [-0.4, -0.2) is 46.2 Å². The van der Waals surface area contributed by atoms with Crippen LogP contribution in [0.15, 0.2) is 53.6 Å². The van der Waals surface area contributed by atoms with E-state index in [2.05, 4.69) is 14.5 Å². The van der Waals surface area contributed by atoms with Crippen molar-refractivity contribution in [3.8, 4) is 17.1 Å². The largest absolute Gasteiger partial charge is 0.480 e. The van der Waals surface area contributed by atoms with Gasteiger partial charge in [0.15, 0.2) is 0 Å². The third-order valence-electron chi connectivity index (χ3n) is 6.75. The molecule has 1 aliphatic rings. The molecule has 1 amide bonds. The van der Waals surface area contributed by atoms with Crippen LogP contribution in [-0.2, 0) is 7.05 Å². The number of fused-ring (bicyclic) bond motifs is 1. The number of carbonyl (C=O) groups is 1. The number of carbonyl (C=O) groups excluding carboxylic acids is 1. The molecule has 0 saturated heterocycles. The third kappa shape index (κ3) is 4.45. The van der Waals surface area contributed by atoms with Gasteiger partial charge in [0, 0.05) is 44.6 Å². The lowest BCUT2D eigenvalue weighted by Gasteiger charge is -2.29. The molecule has 202 valence electrons. The quantitative estimate of drug-likeness (QED) is 0.312. The molecule has 5 rings (SSSR count). The van der Waals surface area contributed by atoms with E-state index in [1.807, 2.05) is 46.1 Å². The Morgan fingerprint density at radius 3 is 2.33 bits per heavy atom. The number of benzene rings is 1. The van der Waals surface area contributed by atoms with E-state index >= 15 is 0 Å². The average molecular weight is 567 g/mol. The van der Waals surface area contributed by atoms with Crippen LogP contribution in [0.2, 0.25) is 10.0 Å². The first-order valence-corrected chi connectivity index (χ1v) is 13.1. The molecule has 0 saturated carbocycles. The van der Waals surface area contributed by atoms with Gasteiger partial charge in [0.2, 0.25) is 11.8 Å². The topological polar surface area (TPSA) is 85.5 Å². The normalized spacial score (nSPS) is 14.7. The minimum Gasteiger partial charge on any atom is -0.480 e. The summed E-state index contributed by atoms with van der Waals surface area (Å²) >= 11 is 12.6. The molecule has 4 heterocycles. The summed E-state index contributed by atoms with van der Waals surface area (Å²) in [4.78, 5) is 39.8. The van der Waals surface area contributed by atoms with Crippen molar-refractivity contribution < 1.29 is 9.53 Å². The molecule has 9 nitrogen and oxygen atoms in total. The summed E-state index contributed by atoms with van der Waals surface area (Å²) in [6.45, 7) is 4.07. The maximum Gasteiger partial charge on any atom is 0.274 e. The molecule has 39 heavy (non-hydrogen) atoms. The number of amides is 1. The Balaban J connectivity index is 1.80. The van der Waals surface area contributed by atoms with Gasteiger partial charge in [-0.3, -0.25) is 14.5 Å². The molecule has 1 aliphatic heterocycles. The first-order valence-electron chi connectivity index (χ1n) is 12.3. The van der Waals surface area contributed by atoms with Crippen LogP contribution < -0.4 is 20.1 Å². The van der Waals surface area contributed by atoms with E-state index in [4.69, 9.17) is 27.9 Å². The monoisotopic (exact) mass is 566 g/mol. The number of hydrogen-bond donors (Lipinski definition) is 0. The zero-order valence-electron chi connectivity index (χ0n) is 22.4. The van der Waals surface area contributed by atoms with Gasteiger partial charge in [0.1, 0.15) is 11.7 Å². The van der Waals surface area contributed by atoms with Crippen LogP contribution >= 0.6 is 23.2 Å². The first kappa shape index (κ1) is 26.8. The summed E-state index contributed by atoms with van der Waals surface area (Å²) in [5.41, 5.74) is 3.27. The maximum absolute atomic E-state index is 14.2. The fourth-order valence-electron chi connectivity index (χ4n) is 5.05. The lowest BCUT2D eigenvalue weighted by atomic mass is 10.0. The summed E-state index contributed by atoms with van der Waals surface area (Å²) in [6, 6.07) is 9.96. The highest BCUT2D eigenvalue weighted by Crippen LogP contribution is 2.46. The molecular formula is C28H28Cl2N6O3. The summed E-state index contributed by atoms with van der Waals surface area (Å²) < 4.78 is 9.11. The van der Waals surface area contributed by atoms with Crippen molar-refractivity contribution in [3.63, 3.8) is 0 Å². The Bertz CT molecular complexity index is 1640. The van der Waals surface area contributed by atoms with Crippen LogP contribution in [0, 0.1) is 0 Å². The molecule has 1 atom stereocenters. The number of aromatic nitrogens is 4. The van der Waals surface area contributed by atoms with Crippen molar-refractivity contribution in [3.05, 3.63) is 86.0 Å². The lowest BCUT2D eigenvalue weighted by Crippen LogP contribution is -2.35. The zero-order valence-corrected chi connectivity index (χ0v) is 23.9. The van der Waals surface area contributed by atoms with E-state index in [0.29, 0.717) is 33.0 Å². The Morgan fingerprint density at radius 2 is 1.72 bits per heavy atom. The fourth-order valence-corrected chi connectivity index (χ4v) is 5.43. The average Bonchev–Trinajstić information content (AvgIpc) is 3.41. The number of aryl methyl sites for hydroxylation is 1. The maximum atomic E-state index is 14.2. The van der Waals surface area contributed by atoms with Gasteiger partial charge in [-0.2, -0.15) is 4.98 Å². The Hall–Kier alpha value is -3.82. The van der Waals surface area contributed by atoms with Crippen LogP contribution in [0.5, 0.6) is 5.88 Å². The van der Waals surface area contributed by atoms with Crippen LogP contribution in [0.25, 0.3) is 11.3 Å². The summed E-state index contributed by atoms with van der Waals surface area (Å²) in [5.74, 6) is 0.585. The van der Waals surface area contributed by atoms with Crippen LogP contribution in [0.4, 0.5) is 11.6 Å². The van der Waals surface area contributed by atoms with Gasteiger partial charge in [-0.25, -0.2) is 4.98 Å². The highest BCUT2D eigenvalue weighted by atomic mass is 35.5. The highest BCUT2D eigenvalue weighted by molar-refractivity contribution is 6.31. The van der Waals surface area contributed by atoms with Crippen molar-refractivity contribution in [2.24, 2.45) is 7.05 Å². The molecule has 0 N–H and O–H groups in total. The van der Waals surface area contributed by atoms with Gasteiger partial charge in [-0.1, -0.05) is 35.3 Å². The van der Waals surface area contributed by atoms with Gasteiger partial charge >= 0.3 is 0 Å². The minimum atomic E-state index is -0.611. The second-order valence-electron chi connectivity index (χ2n) is 9.87. The molecule has 0 fully saturated rings. The predicted octanol–water partition coefficient (Wildman–Crippen LogP) is 5.36. The molecule has 0 radical (unpaired) electrons. The van der Waals surface area contributed by atoms with Crippen molar-refractivity contribution in [2.75, 3.05) is 31.0 Å². The van der Waals surface area contributed by atoms with Crippen molar-refractivity contribution in [2.45, 2.75) is 25.9 Å². The molecule has 3 aromatic heterocycles. The summed E-state index contributed by atoms with van der Waals surface area (Å²) in [5, 5.41) is 0.915. The molecule has 0 bridgehead atoms. The third-order valence-corrected chi connectivity index (χ3v) is 7.20. The van der Waals surface area contributed by atoms with Gasteiger partial charge in [0.25, 0.3) is 11.5 Å². The molecular weight excluding hydrogens is 539 g/mol. The van der Waals surface area contributed by atoms with Crippen LogP contribution in [0.3, 0.4) is 0 Å². The second kappa shape index (κ2) is 10.1. The van der Waals surface area contributed by atoms with Crippen molar-refractivity contribution >= 4 is 40.7 Å².